The molecule has 0 radical (unpaired) electrons. The Bertz CT molecular complexity index is 548. The van der Waals surface area contributed by atoms with Gasteiger partial charge in [-0.25, -0.2) is 0 Å². The summed E-state index contributed by atoms with van der Waals surface area (Å²) in [6.07, 6.45) is 1.12. The van der Waals surface area contributed by atoms with Gasteiger partial charge in [-0.15, -0.1) is 0 Å². The van der Waals surface area contributed by atoms with Crippen LogP contribution in [0.2, 0.25) is 0 Å². The largest absolute Gasteiger partial charge is 0.325 e. The first-order chi connectivity index (χ1) is 9.76. The quantitative estimate of drug-likeness (QED) is 0.844. The molecule has 1 rings (SSSR count). The molecule has 0 aromatic heterocycles. The molecule has 0 aliphatic rings. The molecule has 1 aromatic rings. The van der Waals surface area contributed by atoms with E-state index < -0.39 is 11.8 Å². The Kier molecular flexibility index (Phi) is 5.66. The van der Waals surface area contributed by atoms with Gasteiger partial charge >= 0.3 is 0 Å². The molecule has 112 valence electrons. The Labute approximate surface area is 126 Å². The summed E-state index contributed by atoms with van der Waals surface area (Å²) in [6.45, 7) is 7.76. The minimum atomic E-state index is -1.25. The van der Waals surface area contributed by atoms with Gasteiger partial charge in [-0.2, -0.15) is 5.26 Å². The summed E-state index contributed by atoms with van der Waals surface area (Å²) in [5.74, 6) is -2.15. The predicted octanol–water partition coefficient (Wildman–Crippen LogP) is 3.33. The van der Waals surface area contributed by atoms with Crippen LogP contribution in [0.1, 0.15) is 39.7 Å². The maximum atomic E-state index is 12.1. The van der Waals surface area contributed by atoms with Crippen molar-refractivity contribution >= 4 is 17.4 Å². The lowest BCUT2D eigenvalue weighted by Crippen LogP contribution is -2.30. The van der Waals surface area contributed by atoms with Gasteiger partial charge in [0.05, 0.1) is 6.07 Å². The third kappa shape index (κ3) is 5.39. The zero-order valence-corrected chi connectivity index (χ0v) is 13.1. The van der Waals surface area contributed by atoms with Crippen LogP contribution in [0.25, 0.3) is 0 Å². The smallest absolute Gasteiger partial charge is 0.249 e. The normalized spacial score (nSPS) is 12.3. The summed E-state index contributed by atoms with van der Waals surface area (Å²) in [7, 11) is 0. The molecular weight excluding hydrogens is 264 g/mol. The second kappa shape index (κ2) is 7.03. The van der Waals surface area contributed by atoms with Crippen LogP contribution in [-0.2, 0) is 16.0 Å². The molecular formula is C17H22N2O2. The molecule has 1 amide bonds. The minimum absolute atomic E-state index is 0.202. The van der Waals surface area contributed by atoms with Gasteiger partial charge in [-0.3, -0.25) is 9.59 Å². The van der Waals surface area contributed by atoms with E-state index in [0.29, 0.717) is 5.69 Å². The Balaban J connectivity index is 2.75. The molecule has 0 spiro atoms. The number of ketones is 1. The molecule has 0 aliphatic heterocycles. The first-order valence-electron chi connectivity index (χ1n) is 7.09. The maximum Gasteiger partial charge on any atom is 0.249 e. The molecule has 0 aliphatic carbocycles. The Morgan fingerprint density at radius 1 is 1.24 bits per heavy atom. The lowest BCUT2D eigenvalue weighted by molar-refractivity contribution is -0.129. The highest BCUT2D eigenvalue weighted by Gasteiger charge is 2.29. The van der Waals surface area contributed by atoms with E-state index in [-0.39, 0.29) is 17.6 Å². The van der Waals surface area contributed by atoms with Crippen LogP contribution in [0.15, 0.2) is 24.3 Å². The van der Waals surface area contributed by atoms with E-state index in [2.05, 4.69) is 5.32 Å². The fourth-order valence-electron chi connectivity index (χ4n) is 1.94. The third-order valence-corrected chi connectivity index (χ3v) is 3.05. The number of Topliss-reactive ketones (excluding diaryl/α,β-unsaturated/α-hetero) is 1. The Hall–Kier alpha value is -2.15. The van der Waals surface area contributed by atoms with Crippen molar-refractivity contribution in [1.82, 2.24) is 0 Å². The van der Waals surface area contributed by atoms with Crippen molar-refractivity contribution < 1.29 is 9.59 Å². The number of nitrogens with zero attached hydrogens (tertiary/aromatic N) is 1. The lowest BCUT2D eigenvalue weighted by Gasteiger charge is -2.18. The number of hydrogen-bond acceptors (Lipinski definition) is 3. The number of carbonyl (C=O) groups excluding carboxylic acids is 2. The van der Waals surface area contributed by atoms with Gasteiger partial charge in [0.1, 0.15) is 0 Å². The Morgan fingerprint density at radius 2 is 1.81 bits per heavy atom. The highest BCUT2D eigenvalue weighted by atomic mass is 16.2. The van der Waals surface area contributed by atoms with Gasteiger partial charge < -0.3 is 5.32 Å². The fourth-order valence-corrected chi connectivity index (χ4v) is 1.94. The van der Waals surface area contributed by atoms with Crippen molar-refractivity contribution in [1.29, 1.82) is 5.26 Å². The van der Waals surface area contributed by atoms with Gasteiger partial charge in [0.2, 0.25) is 5.91 Å². The van der Waals surface area contributed by atoms with Gasteiger partial charge in [-0.1, -0.05) is 39.8 Å². The zero-order valence-electron chi connectivity index (χ0n) is 13.1. The fraction of sp³-hybridized carbons (Fsp3) is 0.471. The molecule has 1 N–H and O–H groups in total. The van der Waals surface area contributed by atoms with Crippen molar-refractivity contribution in [2.75, 3.05) is 5.32 Å². The number of amides is 1. The van der Waals surface area contributed by atoms with Crippen molar-refractivity contribution in [3.63, 3.8) is 0 Å². The van der Waals surface area contributed by atoms with Crippen LogP contribution in [0.3, 0.4) is 0 Å². The van der Waals surface area contributed by atoms with Gasteiger partial charge in [-0.05, 0) is 29.5 Å². The van der Waals surface area contributed by atoms with E-state index in [4.69, 9.17) is 5.26 Å². The number of nitriles is 1. The molecule has 0 saturated heterocycles. The molecule has 0 heterocycles. The number of carbonyl (C=O) groups is 2. The van der Waals surface area contributed by atoms with E-state index in [1.165, 1.54) is 0 Å². The molecule has 1 aromatic carbocycles. The van der Waals surface area contributed by atoms with Crippen molar-refractivity contribution in [2.45, 2.75) is 40.5 Å². The monoisotopic (exact) mass is 286 g/mol. The van der Waals surface area contributed by atoms with Crippen molar-refractivity contribution in [3.05, 3.63) is 29.8 Å². The van der Waals surface area contributed by atoms with Crippen LogP contribution >= 0.6 is 0 Å². The second-order valence-corrected chi connectivity index (χ2v) is 6.31. The summed E-state index contributed by atoms with van der Waals surface area (Å²) < 4.78 is 0. The van der Waals surface area contributed by atoms with Gasteiger partial charge in [0, 0.05) is 12.1 Å². The highest BCUT2D eigenvalue weighted by molar-refractivity contribution is 6.09. The number of rotatable bonds is 5. The summed E-state index contributed by atoms with van der Waals surface area (Å²) in [5, 5.41) is 11.7. The summed E-state index contributed by atoms with van der Waals surface area (Å²) in [6, 6.07) is 9.18. The van der Waals surface area contributed by atoms with Crippen LogP contribution in [0.5, 0.6) is 0 Å². The zero-order chi connectivity index (χ0) is 16.0. The molecule has 21 heavy (non-hydrogen) atoms. The number of hydrogen-bond donors (Lipinski definition) is 1. The van der Waals surface area contributed by atoms with Crippen molar-refractivity contribution in [2.24, 2.45) is 11.3 Å². The van der Waals surface area contributed by atoms with E-state index in [1.54, 1.807) is 18.2 Å². The second-order valence-electron chi connectivity index (χ2n) is 6.31. The summed E-state index contributed by atoms with van der Waals surface area (Å²) in [4.78, 5) is 24.1. The van der Waals surface area contributed by atoms with E-state index in [9.17, 15) is 9.59 Å². The third-order valence-electron chi connectivity index (χ3n) is 3.05. The van der Waals surface area contributed by atoms with Gasteiger partial charge in [0.25, 0.3) is 0 Å². The Morgan fingerprint density at radius 3 is 2.24 bits per heavy atom. The van der Waals surface area contributed by atoms with Crippen LogP contribution in [-0.4, -0.2) is 11.7 Å². The number of benzene rings is 1. The van der Waals surface area contributed by atoms with Crippen LogP contribution in [0, 0.1) is 22.7 Å². The first kappa shape index (κ1) is 16.9. The van der Waals surface area contributed by atoms with E-state index in [1.807, 2.05) is 39.8 Å². The number of anilines is 1. The van der Waals surface area contributed by atoms with E-state index >= 15 is 0 Å². The first-order valence-corrected chi connectivity index (χ1v) is 7.09. The number of nitrogens with one attached hydrogen (secondary N) is 1. The van der Waals surface area contributed by atoms with Crippen LogP contribution < -0.4 is 5.32 Å². The molecule has 0 saturated carbocycles. The molecule has 0 fully saturated rings. The SMILES string of the molecule is CCc1ccc(NC(=O)[C@H](C#N)C(=O)CC(C)(C)C)cc1. The molecule has 0 unspecified atom stereocenters. The molecule has 4 heteroatoms. The number of aryl methyl sites for hydroxylation is 1. The molecule has 4 nitrogen and oxygen atoms in total. The summed E-state index contributed by atoms with van der Waals surface area (Å²) >= 11 is 0. The summed E-state index contributed by atoms with van der Waals surface area (Å²) in [5.41, 5.74) is 1.52. The maximum absolute atomic E-state index is 12.1. The standard InChI is InChI=1S/C17H22N2O2/c1-5-12-6-8-13(9-7-12)19-16(21)14(11-18)15(20)10-17(2,3)4/h6-9,14H,5,10H2,1-4H3,(H,19,21)/t14-/m1/s1. The average molecular weight is 286 g/mol. The van der Waals surface area contributed by atoms with Gasteiger partial charge in [0.15, 0.2) is 11.7 Å². The molecule has 0 bridgehead atoms. The predicted molar refractivity (Wildman–Crippen MR) is 82.6 cm³/mol. The average Bonchev–Trinajstić information content (AvgIpc) is 2.38. The minimum Gasteiger partial charge on any atom is -0.325 e. The van der Waals surface area contributed by atoms with E-state index in [0.717, 1.165) is 12.0 Å². The van der Waals surface area contributed by atoms with Crippen LogP contribution in [0.4, 0.5) is 5.69 Å². The topological polar surface area (TPSA) is 70.0 Å². The molecule has 1 atom stereocenters. The highest BCUT2D eigenvalue weighted by Crippen LogP contribution is 2.22. The lowest BCUT2D eigenvalue weighted by atomic mass is 9.86. The van der Waals surface area contributed by atoms with Crippen molar-refractivity contribution in [3.8, 4) is 6.07 Å².